The van der Waals surface area contributed by atoms with Gasteiger partial charge >= 0.3 is 11.9 Å². The summed E-state index contributed by atoms with van der Waals surface area (Å²) in [5.41, 5.74) is 1.27. The Morgan fingerprint density at radius 1 is 0.429 bits per heavy atom. The van der Waals surface area contributed by atoms with Gasteiger partial charge in [-0.15, -0.1) is 6.58 Å². The Morgan fingerprint density at radius 2 is 0.714 bits per heavy atom. The number of carbonyl (C=O) groups is 2. The number of unbranched alkanes of at least 4 members (excludes halogenated alkanes) is 22. The van der Waals surface area contributed by atoms with Gasteiger partial charge in [-0.2, -0.15) is 0 Å². The molecule has 0 aliphatic heterocycles. The molecule has 2 unspecified atom stereocenters. The first-order valence-corrected chi connectivity index (χ1v) is 24.6. The van der Waals surface area contributed by atoms with Gasteiger partial charge in [-0.1, -0.05) is 195 Å². The third kappa shape index (κ3) is 38.2. The van der Waals surface area contributed by atoms with Gasteiger partial charge in [-0.3, -0.25) is 9.59 Å². The molecule has 0 aromatic rings. The molecule has 0 aliphatic carbocycles. The molecule has 5 heteroatoms. The van der Waals surface area contributed by atoms with Crippen molar-refractivity contribution >= 4 is 11.9 Å². The summed E-state index contributed by atoms with van der Waals surface area (Å²) in [6, 6.07) is 0. The molecule has 0 rings (SSSR count). The number of ether oxygens (including phenoxy) is 2. The Kier molecular flexibility index (Phi) is 45.3. The summed E-state index contributed by atoms with van der Waals surface area (Å²) < 4.78 is 11.7. The SMILES string of the molecule is C.C=C(C)CCCN(CCCCCCOC(=O)C(CCCCCC)CCCCCCCC)CCCCCCOC(=O)C(CCCCCC)CCCCCCCC. The van der Waals surface area contributed by atoms with Crippen LogP contribution in [-0.2, 0) is 19.1 Å². The average Bonchev–Trinajstić information content (AvgIpc) is 3.17. The van der Waals surface area contributed by atoms with Crippen molar-refractivity contribution in [1.82, 2.24) is 4.90 Å². The number of carbonyl (C=O) groups excluding carboxylic acids is 2. The Hall–Kier alpha value is -1.36. The Balaban J connectivity index is 0. The van der Waals surface area contributed by atoms with E-state index in [1.54, 1.807) is 0 Å². The van der Waals surface area contributed by atoms with Crippen molar-refractivity contribution < 1.29 is 19.1 Å². The highest BCUT2D eigenvalue weighted by Crippen LogP contribution is 2.22. The number of rotatable bonds is 44. The zero-order chi connectivity index (χ0) is 40.5. The molecule has 0 N–H and O–H groups in total. The van der Waals surface area contributed by atoms with Gasteiger partial charge in [0.25, 0.3) is 0 Å². The topological polar surface area (TPSA) is 55.8 Å². The van der Waals surface area contributed by atoms with E-state index in [-0.39, 0.29) is 31.2 Å². The lowest BCUT2D eigenvalue weighted by atomic mass is 9.94. The molecule has 0 saturated heterocycles. The van der Waals surface area contributed by atoms with Crippen molar-refractivity contribution in [1.29, 1.82) is 0 Å². The number of nitrogens with zero attached hydrogens (tertiary/aromatic N) is 1. The number of esters is 2. The van der Waals surface area contributed by atoms with Crippen LogP contribution in [0.3, 0.4) is 0 Å². The zero-order valence-electron chi connectivity index (χ0n) is 38.0. The Morgan fingerprint density at radius 3 is 1.07 bits per heavy atom. The minimum Gasteiger partial charge on any atom is -0.465 e. The van der Waals surface area contributed by atoms with Gasteiger partial charge in [-0.25, -0.2) is 0 Å². The van der Waals surface area contributed by atoms with E-state index in [0.717, 1.165) is 103 Å². The van der Waals surface area contributed by atoms with Crippen LogP contribution in [-0.4, -0.2) is 49.7 Å². The quantitative estimate of drug-likeness (QED) is 0.0349. The van der Waals surface area contributed by atoms with E-state index in [4.69, 9.17) is 9.47 Å². The first-order chi connectivity index (χ1) is 26.9. The summed E-state index contributed by atoms with van der Waals surface area (Å²) in [5, 5.41) is 0. The molecule has 0 radical (unpaired) electrons. The second-order valence-corrected chi connectivity index (χ2v) is 17.3. The van der Waals surface area contributed by atoms with E-state index in [2.05, 4.69) is 46.1 Å². The summed E-state index contributed by atoms with van der Waals surface area (Å²) in [6.07, 6.45) is 40.4. The first-order valence-electron chi connectivity index (χ1n) is 24.6. The molecule has 56 heavy (non-hydrogen) atoms. The molecule has 0 spiro atoms. The van der Waals surface area contributed by atoms with Gasteiger partial charge in [0.1, 0.15) is 0 Å². The molecule has 0 aromatic carbocycles. The maximum Gasteiger partial charge on any atom is 0.308 e. The predicted octanol–water partition coefficient (Wildman–Crippen LogP) is 16.2. The maximum atomic E-state index is 13.0. The molecule has 0 fully saturated rings. The van der Waals surface area contributed by atoms with Gasteiger partial charge in [0.2, 0.25) is 0 Å². The van der Waals surface area contributed by atoms with Crippen LogP contribution in [0.2, 0.25) is 0 Å². The molecule has 0 heterocycles. The van der Waals surface area contributed by atoms with Gasteiger partial charge in [0, 0.05) is 0 Å². The standard InChI is InChI=1S/C50H97NO4.CH4/c1-7-11-15-19-21-29-39-47(37-27-17-13-9-3)49(52)54-44-33-25-23-31-41-51(43-35-36-46(5)6)42-32-24-26-34-45-55-50(53)48(38-28-18-14-10-4)40-30-22-20-16-12-8-2;/h47-48H,5,7-45H2,1-4,6H3;1H4. The highest BCUT2D eigenvalue weighted by molar-refractivity contribution is 5.72. The lowest BCUT2D eigenvalue weighted by molar-refractivity contribution is -0.150. The lowest BCUT2D eigenvalue weighted by Crippen LogP contribution is -2.27. The van der Waals surface area contributed by atoms with E-state index < -0.39 is 0 Å². The van der Waals surface area contributed by atoms with E-state index in [0.29, 0.717) is 13.2 Å². The van der Waals surface area contributed by atoms with Gasteiger partial charge in [0.15, 0.2) is 0 Å². The van der Waals surface area contributed by atoms with Gasteiger partial charge in [-0.05, 0) is 90.8 Å². The van der Waals surface area contributed by atoms with Crippen LogP contribution in [0.25, 0.3) is 0 Å². The smallest absolute Gasteiger partial charge is 0.308 e. The Bertz CT molecular complexity index is 786. The summed E-state index contributed by atoms with van der Waals surface area (Å²) in [5.74, 6) is 0.334. The molecular formula is C51H101NO4. The van der Waals surface area contributed by atoms with Crippen molar-refractivity contribution in [3.05, 3.63) is 12.2 Å². The lowest BCUT2D eigenvalue weighted by Gasteiger charge is -2.22. The van der Waals surface area contributed by atoms with Crippen LogP contribution in [0.5, 0.6) is 0 Å². The molecule has 2 atom stereocenters. The molecule has 0 aromatic heterocycles. The van der Waals surface area contributed by atoms with E-state index >= 15 is 0 Å². The summed E-state index contributed by atoms with van der Waals surface area (Å²) >= 11 is 0. The molecule has 0 aliphatic rings. The summed E-state index contributed by atoms with van der Waals surface area (Å²) in [6.45, 7) is 19.9. The number of hydrogen-bond acceptors (Lipinski definition) is 5. The molecule has 0 saturated carbocycles. The molecular weight excluding hydrogens is 691 g/mol. The molecule has 0 amide bonds. The summed E-state index contributed by atoms with van der Waals surface area (Å²) in [4.78, 5) is 28.7. The van der Waals surface area contributed by atoms with Crippen LogP contribution < -0.4 is 0 Å². The monoisotopic (exact) mass is 792 g/mol. The third-order valence-corrected chi connectivity index (χ3v) is 11.6. The van der Waals surface area contributed by atoms with E-state index in [1.807, 2.05) is 0 Å². The first kappa shape index (κ1) is 56.7. The van der Waals surface area contributed by atoms with Crippen LogP contribution in [0.1, 0.15) is 260 Å². The van der Waals surface area contributed by atoms with Crippen molar-refractivity contribution in [3.8, 4) is 0 Å². The van der Waals surface area contributed by atoms with Crippen molar-refractivity contribution in [2.45, 2.75) is 260 Å². The molecule has 0 bridgehead atoms. The fourth-order valence-electron chi connectivity index (χ4n) is 7.84. The second-order valence-electron chi connectivity index (χ2n) is 17.3. The average molecular weight is 792 g/mol. The minimum atomic E-state index is 0. The van der Waals surface area contributed by atoms with Crippen LogP contribution in [0.4, 0.5) is 0 Å². The van der Waals surface area contributed by atoms with Crippen LogP contribution >= 0.6 is 0 Å². The number of hydrogen-bond donors (Lipinski definition) is 0. The minimum absolute atomic E-state index is 0. The highest BCUT2D eigenvalue weighted by Gasteiger charge is 2.20. The largest absolute Gasteiger partial charge is 0.465 e. The fraction of sp³-hybridized carbons (Fsp3) is 0.922. The third-order valence-electron chi connectivity index (χ3n) is 11.6. The summed E-state index contributed by atoms with van der Waals surface area (Å²) in [7, 11) is 0. The predicted molar refractivity (Wildman–Crippen MR) is 247 cm³/mol. The fourth-order valence-corrected chi connectivity index (χ4v) is 7.84. The molecule has 334 valence electrons. The van der Waals surface area contributed by atoms with Gasteiger partial charge in [0.05, 0.1) is 25.0 Å². The molecule has 5 nitrogen and oxygen atoms in total. The highest BCUT2D eigenvalue weighted by atomic mass is 16.5. The maximum absolute atomic E-state index is 13.0. The second kappa shape index (κ2) is 44.7. The van der Waals surface area contributed by atoms with Gasteiger partial charge < -0.3 is 14.4 Å². The van der Waals surface area contributed by atoms with Crippen molar-refractivity contribution in [2.75, 3.05) is 32.8 Å². The van der Waals surface area contributed by atoms with Crippen molar-refractivity contribution in [3.63, 3.8) is 0 Å². The zero-order valence-corrected chi connectivity index (χ0v) is 38.0. The van der Waals surface area contributed by atoms with E-state index in [9.17, 15) is 9.59 Å². The van der Waals surface area contributed by atoms with E-state index in [1.165, 1.54) is 140 Å². The number of allylic oxidation sites excluding steroid dienone is 1. The van der Waals surface area contributed by atoms with Crippen LogP contribution in [0.15, 0.2) is 12.2 Å². The van der Waals surface area contributed by atoms with Crippen LogP contribution in [0, 0.1) is 11.8 Å². The van der Waals surface area contributed by atoms with Crippen molar-refractivity contribution in [2.24, 2.45) is 11.8 Å². The normalized spacial score (nSPS) is 12.4. The Labute approximate surface area is 352 Å².